The monoisotopic (exact) mass is 219 g/mol. The maximum absolute atomic E-state index is 12.9. The van der Waals surface area contributed by atoms with E-state index in [1.54, 1.807) is 0 Å². The van der Waals surface area contributed by atoms with Crippen LogP contribution in [0.4, 0.5) is 8.78 Å². The maximum Gasteiger partial charge on any atom is 0.336 e. The summed E-state index contributed by atoms with van der Waals surface area (Å²) in [6, 6.07) is 0. The van der Waals surface area contributed by atoms with E-state index in [9.17, 15) is 23.7 Å². The van der Waals surface area contributed by atoms with Crippen LogP contribution in [0, 0.1) is 10.1 Å². The molecule has 0 aliphatic heterocycles. The topological polar surface area (TPSA) is 80.4 Å². The first-order chi connectivity index (χ1) is 6.74. The third-order valence-electron chi connectivity index (χ3n) is 2.05. The predicted octanol–water partition coefficient (Wildman–Crippen LogP) is 1.59. The van der Waals surface area contributed by atoms with Crippen molar-refractivity contribution in [2.24, 2.45) is 0 Å². The smallest absolute Gasteiger partial charge is 0.336 e. The summed E-state index contributed by atoms with van der Waals surface area (Å²) in [5.41, 5.74) is -1.68. The lowest BCUT2D eigenvalue weighted by Gasteiger charge is -2.18. The fourth-order valence-electron chi connectivity index (χ4n) is 1.31. The Hall–Kier alpha value is -1.79. The Bertz CT molecular complexity index is 397. The zero-order chi connectivity index (χ0) is 11.8. The van der Waals surface area contributed by atoms with Crippen LogP contribution in [0.25, 0.3) is 0 Å². The number of allylic oxidation sites excluding steroid dienone is 2. The molecule has 0 saturated carbocycles. The first-order valence-electron chi connectivity index (χ1n) is 3.93. The van der Waals surface area contributed by atoms with Crippen molar-refractivity contribution in [2.45, 2.75) is 19.3 Å². The van der Waals surface area contributed by atoms with Gasteiger partial charge in [0.15, 0.2) is 0 Å². The van der Waals surface area contributed by atoms with Crippen molar-refractivity contribution in [3.05, 3.63) is 33.0 Å². The fraction of sp³-hybridized carbons (Fsp3) is 0.375. The zero-order valence-electron chi connectivity index (χ0n) is 7.66. The lowest BCUT2D eigenvalue weighted by atomic mass is 9.94. The van der Waals surface area contributed by atoms with Crippen LogP contribution in [0.2, 0.25) is 0 Å². The molecular weight excluding hydrogens is 212 g/mol. The van der Waals surface area contributed by atoms with Crippen LogP contribution in [-0.2, 0) is 4.79 Å². The number of carboxylic acids is 1. The molecule has 1 aliphatic rings. The minimum atomic E-state index is -3.48. The minimum Gasteiger partial charge on any atom is -0.478 e. The van der Waals surface area contributed by atoms with Crippen molar-refractivity contribution >= 4 is 5.97 Å². The lowest BCUT2D eigenvalue weighted by Crippen LogP contribution is -2.25. The molecule has 0 bridgehead atoms. The number of alkyl halides is 2. The average Bonchev–Trinajstić information content (AvgIpc) is 2.07. The molecule has 0 amide bonds. The van der Waals surface area contributed by atoms with Gasteiger partial charge in [-0.05, 0) is 13.0 Å². The Kier molecular flexibility index (Phi) is 2.57. The van der Waals surface area contributed by atoms with Crippen LogP contribution in [0.3, 0.4) is 0 Å². The van der Waals surface area contributed by atoms with Gasteiger partial charge in [-0.25, -0.2) is 13.6 Å². The number of nitrogens with zero attached hydrogens (tertiary/aromatic N) is 1. The normalized spacial score (nSPS) is 19.8. The first kappa shape index (κ1) is 11.3. The summed E-state index contributed by atoms with van der Waals surface area (Å²) >= 11 is 0. The molecule has 0 atom stereocenters. The van der Waals surface area contributed by atoms with E-state index in [1.165, 1.54) is 0 Å². The van der Waals surface area contributed by atoms with Crippen molar-refractivity contribution in [1.82, 2.24) is 0 Å². The Labute approximate surface area is 82.8 Å². The standard InChI is InChI=1S/C8H7F2NO4/c1-4-5(7(12)13)2-8(9,10)3-6(4)11(14)15/h2H,3H2,1H3,(H,12,13). The highest BCUT2D eigenvalue weighted by Crippen LogP contribution is 2.35. The van der Waals surface area contributed by atoms with E-state index < -0.39 is 34.5 Å². The molecule has 15 heavy (non-hydrogen) atoms. The summed E-state index contributed by atoms with van der Waals surface area (Å²) in [6.07, 6.45) is -0.819. The molecule has 7 heteroatoms. The largest absolute Gasteiger partial charge is 0.478 e. The molecule has 0 spiro atoms. The number of hydrogen-bond donors (Lipinski definition) is 1. The molecule has 82 valence electrons. The Balaban J connectivity index is 3.30. The summed E-state index contributed by atoms with van der Waals surface area (Å²) in [7, 11) is 0. The van der Waals surface area contributed by atoms with E-state index in [-0.39, 0.29) is 11.6 Å². The van der Waals surface area contributed by atoms with Gasteiger partial charge in [-0.1, -0.05) is 0 Å². The third-order valence-corrected chi connectivity index (χ3v) is 2.05. The number of rotatable bonds is 2. The summed E-state index contributed by atoms with van der Waals surface area (Å²) < 4.78 is 25.8. The average molecular weight is 219 g/mol. The molecule has 1 aliphatic carbocycles. The Morgan fingerprint density at radius 3 is 2.60 bits per heavy atom. The van der Waals surface area contributed by atoms with E-state index in [4.69, 9.17) is 5.11 Å². The first-order valence-corrected chi connectivity index (χ1v) is 3.93. The minimum absolute atomic E-state index is 0.224. The van der Waals surface area contributed by atoms with Gasteiger partial charge >= 0.3 is 5.97 Å². The zero-order valence-corrected chi connectivity index (χ0v) is 7.66. The van der Waals surface area contributed by atoms with Gasteiger partial charge in [0.2, 0.25) is 0 Å². The quantitative estimate of drug-likeness (QED) is 0.564. The second-order valence-corrected chi connectivity index (χ2v) is 3.13. The molecule has 0 aromatic carbocycles. The van der Waals surface area contributed by atoms with Crippen molar-refractivity contribution in [3.63, 3.8) is 0 Å². The van der Waals surface area contributed by atoms with Gasteiger partial charge in [-0.2, -0.15) is 0 Å². The van der Waals surface area contributed by atoms with Crippen molar-refractivity contribution in [3.8, 4) is 0 Å². The van der Waals surface area contributed by atoms with Crippen LogP contribution in [-0.4, -0.2) is 21.9 Å². The number of aliphatic carboxylic acids is 1. The Morgan fingerprint density at radius 2 is 2.20 bits per heavy atom. The maximum atomic E-state index is 12.9. The highest BCUT2D eigenvalue weighted by atomic mass is 19.3. The van der Waals surface area contributed by atoms with E-state index in [0.717, 1.165) is 6.92 Å². The van der Waals surface area contributed by atoms with Gasteiger partial charge in [0.25, 0.3) is 11.6 Å². The third kappa shape index (κ3) is 2.17. The molecule has 0 heterocycles. The number of carboxylic acid groups (broad SMARTS) is 1. The van der Waals surface area contributed by atoms with Gasteiger partial charge in [0, 0.05) is 5.57 Å². The van der Waals surface area contributed by atoms with Gasteiger partial charge in [0.1, 0.15) is 6.42 Å². The number of hydrogen-bond acceptors (Lipinski definition) is 3. The molecule has 0 unspecified atom stereocenters. The van der Waals surface area contributed by atoms with E-state index >= 15 is 0 Å². The summed E-state index contributed by atoms with van der Waals surface area (Å²) in [6.45, 7) is 1.15. The second-order valence-electron chi connectivity index (χ2n) is 3.13. The molecule has 5 nitrogen and oxygen atoms in total. The van der Waals surface area contributed by atoms with Crippen LogP contribution in [0.5, 0.6) is 0 Å². The lowest BCUT2D eigenvalue weighted by molar-refractivity contribution is -0.432. The molecule has 0 aromatic rings. The van der Waals surface area contributed by atoms with E-state index in [1.807, 2.05) is 0 Å². The molecule has 0 saturated heterocycles. The van der Waals surface area contributed by atoms with Crippen LogP contribution in [0.15, 0.2) is 22.9 Å². The summed E-state index contributed by atoms with van der Waals surface area (Å²) in [4.78, 5) is 20.0. The van der Waals surface area contributed by atoms with E-state index in [2.05, 4.69) is 0 Å². The van der Waals surface area contributed by atoms with Gasteiger partial charge in [-0.3, -0.25) is 10.1 Å². The molecular formula is C8H7F2NO4. The van der Waals surface area contributed by atoms with Crippen molar-refractivity contribution in [1.29, 1.82) is 0 Å². The van der Waals surface area contributed by atoms with Crippen molar-refractivity contribution in [2.75, 3.05) is 0 Å². The molecule has 1 N–H and O–H groups in total. The summed E-state index contributed by atoms with van der Waals surface area (Å²) in [5.74, 6) is -5.07. The Morgan fingerprint density at radius 1 is 1.67 bits per heavy atom. The van der Waals surface area contributed by atoms with Crippen LogP contribution >= 0.6 is 0 Å². The SMILES string of the molecule is CC1=C([N+](=O)[O-])CC(F)(F)C=C1C(=O)O. The van der Waals surface area contributed by atoms with Crippen LogP contribution in [0.1, 0.15) is 13.3 Å². The van der Waals surface area contributed by atoms with Gasteiger partial charge < -0.3 is 5.11 Å². The summed E-state index contributed by atoms with van der Waals surface area (Å²) in [5, 5.41) is 19.0. The van der Waals surface area contributed by atoms with E-state index in [0.29, 0.717) is 0 Å². The number of nitro groups is 1. The van der Waals surface area contributed by atoms with Gasteiger partial charge in [-0.15, -0.1) is 0 Å². The highest BCUT2D eigenvalue weighted by Gasteiger charge is 2.40. The fourth-order valence-corrected chi connectivity index (χ4v) is 1.31. The molecule has 0 radical (unpaired) electrons. The predicted molar refractivity (Wildman–Crippen MR) is 45.0 cm³/mol. The molecule has 0 fully saturated rings. The van der Waals surface area contributed by atoms with Crippen molar-refractivity contribution < 1.29 is 23.6 Å². The molecule has 1 rings (SSSR count). The van der Waals surface area contributed by atoms with Crippen LogP contribution < -0.4 is 0 Å². The molecule has 0 aromatic heterocycles. The van der Waals surface area contributed by atoms with Gasteiger partial charge in [0.05, 0.1) is 10.5 Å². The number of carbonyl (C=O) groups is 1. The highest BCUT2D eigenvalue weighted by molar-refractivity contribution is 5.92. The second kappa shape index (κ2) is 3.41. The number of halogens is 2.